The molecule has 152 valence electrons. The smallest absolute Gasteiger partial charge is 0.0597 e. The van der Waals surface area contributed by atoms with Crippen LogP contribution in [0.3, 0.4) is 0 Å². The predicted molar refractivity (Wildman–Crippen MR) is 125 cm³/mol. The fraction of sp³-hybridized carbons (Fsp3) is 0.308. The highest BCUT2D eigenvalue weighted by Crippen LogP contribution is 2.33. The van der Waals surface area contributed by atoms with Gasteiger partial charge in [0.05, 0.1) is 12.1 Å². The van der Waals surface area contributed by atoms with Crippen molar-refractivity contribution in [3.05, 3.63) is 101 Å². The molecule has 2 atom stereocenters. The lowest BCUT2D eigenvalue weighted by atomic mass is 9.91. The number of hydrogen-bond donors (Lipinski definition) is 3. The molecule has 0 saturated heterocycles. The zero-order valence-electron chi connectivity index (χ0n) is 17.8. The van der Waals surface area contributed by atoms with E-state index in [0.717, 1.165) is 19.6 Å². The Morgan fingerprint density at radius 2 is 1.14 bits per heavy atom. The summed E-state index contributed by atoms with van der Waals surface area (Å²) in [6.45, 7) is 9.19. The molecule has 3 heteroatoms. The summed E-state index contributed by atoms with van der Waals surface area (Å²) in [5.41, 5.74) is 6.33. The molecule has 0 aliphatic carbocycles. The zero-order chi connectivity index (χ0) is 20.5. The molecule has 0 spiro atoms. The first-order chi connectivity index (χ1) is 14.3. The molecular formula is C26H33N3. The molecule has 29 heavy (non-hydrogen) atoms. The Morgan fingerprint density at radius 1 is 0.586 bits per heavy atom. The number of hydrogen-bond acceptors (Lipinski definition) is 3. The topological polar surface area (TPSA) is 36.1 Å². The molecule has 0 aromatic heterocycles. The molecule has 0 heterocycles. The Balaban J connectivity index is 2.09. The lowest BCUT2D eigenvalue weighted by molar-refractivity contribution is 0.616. The monoisotopic (exact) mass is 387 g/mol. The van der Waals surface area contributed by atoms with Gasteiger partial charge in [-0.1, -0.05) is 80.6 Å². The fourth-order valence-electron chi connectivity index (χ4n) is 3.89. The number of nitrogens with one attached hydrogen (secondary N) is 3. The molecule has 0 aliphatic heterocycles. The van der Waals surface area contributed by atoms with Gasteiger partial charge < -0.3 is 16.0 Å². The van der Waals surface area contributed by atoms with Gasteiger partial charge in [-0.15, -0.1) is 0 Å². The second kappa shape index (κ2) is 10.8. The molecular weight excluding hydrogens is 354 g/mol. The number of rotatable bonds is 10. The minimum absolute atomic E-state index is 0.147. The summed E-state index contributed by atoms with van der Waals surface area (Å²) >= 11 is 0. The van der Waals surface area contributed by atoms with Crippen molar-refractivity contribution >= 4 is 5.69 Å². The second-order valence-electron chi connectivity index (χ2n) is 7.18. The maximum absolute atomic E-state index is 3.69. The Hall–Kier alpha value is -2.62. The van der Waals surface area contributed by atoms with E-state index >= 15 is 0 Å². The lowest BCUT2D eigenvalue weighted by Crippen LogP contribution is -2.25. The first-order valence-electron chi connectivity index (χ1n) is 10.7. The van der Waals surface area contributed by atoms with Crippen LogP contribution in [0.1, 0.15) is 55.1 Å². The van der Waals surface area contributed by atoms with Crippen LogP contribution >= 0.6 is 0 Å². The van der Waals surface area contributed by atoms with E-state index in [9.17, 15) is 0 Å². The minimum atomic E-state index is 0.147. The third-order valence-corrected chi connectivity index (χ3v) is 5.17. The van der Waals surface area contributed by atoms with Crippen molar-refractivity contribution in [2.75, 3.05) is 25.0 Å². The summed E-state index contributed by atoms with van der Waals surface area (Å²) < 4.78 is 0. The van der Waals surface area contributed by atoms with E-state index < -0.39 is 0 Å². The van der Waals surface area contributed by atoms with Gasteiger partial charge in [0.25, 0.3) is 0 Å². The SMILES string of the molecule is CCNc1ccc(C(NCC)c2ccccc2)cc1C(NCC)c1ccccc1. The van der Waals surface area contributed by atoms with Crippen LogP contribution in [-0.4, -0.2) is 19.6 Å². The van der Waals surface area contributed by atoms with Gasteiger partial charge in [0, 0.05) is 12.2 Å². The van der Waals surface area contributed by atoms with Gasteiger partial charge in [0.15, 0.2) is 0 Å². The fourth-order valence-corrected chi connectivity index (χ4v) is 3.89. The van der Waals surface area contributed by atoms with Crippen molar-refractivity contribution in [3.8, 4) is 0 Å². The molecule has 0 saturated carbocycles. The van der Waals surface area contributed by atoms with E-state index in [1.54, 1.807) is 0 Å². The van der Waals surface area contributed by atoms with Crippen LogP contribution in [0.5, 0.6) is 0 Å². The van der Waals surface area contributed by atoms with Gasteiger partial charge in [-0.2, -0.15) is 0 Å². The highest BCUT2D eigenvalue weighted by molar-refractivity contribution is 5.57. The molecule has 0 aliphatic rings. The molecule has 0 radical (unpaired) electrons. The van der Waals surface area contributed by atoms with Gasteiger partial charge in [-0.3, -0.25) is 0 Å². The Bertz CT molecular complexity index is 862. The average molecular weight is 388 g/mol. The number of anilines is 1. The van der Waals surface area contributed by atoms with Crippen LogP contribution in [0.4, 0.5) is 5.69 Å². The van der Waals surface area contributed by atoms with Crippen LogP contribution in [0.25, 0.3) is 0 Å². The Kier molecular flexibility index (Phi) is 7.85. The van der Waals surface area contributed by atoms with Gasteiger partial charge in [0.2, 0.25) is 0 Å². The van der Waals surface area contributed by atoms with E-state index in [4.69, 9.17) is 0 Å². The van der Waals surface area contributed by atoms with Crippen molar-refractivity contribution in [2.45, 2.75) is 32.9 Å². The molecule has 0 bridgehead atoms. The molecule has 3 rings (SSSR count). The van der Waals surface area contributed by atoms with Crippen LogP contribution in [0.2, 0.25) is 0 Å². The summed E-state index contributed by atoms with van der Waals surface area (Å²) in [6.07, 6.45) is 0. The summed E-state index contributed by atoms with van der Waals surface area (Å²) in [6, 6.07) is 28.6. The molecule has 3 N–H and O–H groups in total. The van der Waals surface area contributed by atoms with Gasteiger partial charge in [0.1, 0.15) is 0 Å². The Morgan fingerprint density at radius 3 is 1.69 bits per heavy atom. The summed E-state index contributed by atoms with van der Waals surface area (Å²) in [5.74, 6) is 0. The summed E-state index contributed by atoms with van der Waals surface area (Å²) in [5, 5.41) is 10.9. The van der Waals surface area contributed by atoms with Crippen molar-refractivity contribution in [3.63, 3.8) is 0 Å². The minimum Gasteiger partial charge on any atom is -0.385 e. The highest BCUT2D eigenvalue weighted by Gasteiger charge is 2.20. The molecule has 0 fully saturated rings. The maximum atomic E-state index is 3.69. The largest absolute Gasteiger partial charge is 0.385 e. The maximum Gasteiger partial charge on any atom is 0.0597 e. The van der Waals surface area contributed by atoms with Crippen LogP contribution in [0.15, 0.2) is 78.9 Å². The van der Waals surface area contributed by atoms with Crippen LogP contribution in [0, 0.1) is 0 Å². The molecule has 3 aromatic rings. The average Bonchev–Trinajstić information content (AvgIpc) is 2.78. The van der Waals surface area contributed by atoms with Gasteiger partial charge >= 0.3 is 0 Å². The molecule has 3 nitrogen and oxygen atoms in total. The van der Waals surface area contributed by atoms with Crippen molar-refractivity contribution < 1.29 is 0 Å². The Labute approximate surface area is 175 Å². The highest BCUT2D eigenvalue weighted by atomic mass is 14.9. The van der Waals surface area contributed by atoms with Crippen molar-refractivity contribution in [1.82, 2.24) is 10.6 Å². The predicted octanol–water partition coefficient (Wildman–Crippen LogP) is 5.52. The quantitative estimate of drug-likeness (QED) is 0.429. The van der Waals surface area contributed by atoms with E-state index in [1.807, 2.05) is 0 Å². The summed E-state index contributed by atoms with van der Waals surface area (Å²) in [7, 11) is 0. The van der Waals surface area contributed by atoms with Gasteiger partial charge in [-0.25, -0.2) is 0 Å². The number of benzene rings is 3. The van der Waals surface area contributed by atoms with E-state index in [2.05, 4.69) is 116 Å². The van der Waals surface area contributed by atoms with E-state index in [1.165, 1.54) is 27.9 Å². The molecule has 2 unspecified atom stereocenters. The van der Waals surface area contributed by atoms with E-state index in [-0.39, 0.29) is 12.1 Å². The van der Waals surface area contributed by atoms with Crippen LogP contribution in [-0.2, 0) is 0 Å². The molecule has 0 amide bonds. The first-order valence-corrected chi connectivity index (χ1v) is 10.7. The third kappa shape index (κ3) is 5.26. The zero-order valence-corrected chi connectivity index (χ0v) is 17.8. The third-order valence-electron chi connectivity index (χ3n) is 5.17. The summed E-state index contributed by atoms with van der Waals surface area (Å²) in [4.78, 5) is 0. The van der Waals surface area contributed by atoms with Crippen molar-refractivity contribution in [2.24, 2.45) is 0 Å². The van der Waals surface area contributed by atoms with Crippen LogP contribution < -0.4 is 16.0 Å². The molecule has 3 aromatic carbocycles. The van der Waals surface area contributed by atoms with Crippen molar-refractivity contribution in [1.29, 1.82) is 0 Å². The lowest BCUT2D eigenvalue weighted by Gasteiger charge is -2.26. The van der Waals surface area contributed by atoms with Gasteiger partial charge in [-0.05, 0) is 54.4 Å². The standard InChI is InChI=1S/C26H33N3/c1-4-27-24-18-17-22(25(28-5-2)20-13-9-7-10-14-20)19-23(24)26(29-6-3)21-15-11-8-12-16-21/h7-19,25-29H,4-6H2,1-3H3. The normalized spacial score (nSPS) is 13.1. The van der Waals surface area contributed by atoms with E-state index in [0.29, 0.717) is 0 Å². The first kappa shape index (κ1) is 21.1. The second-order valence-corrected chi connectivity index (χ2v) is 7.18.